The highest BCUT2D eigenvalue weighted by Crippen LogP contribution is 2.31. The quantitative estimate of drug-likeness (QED) is 0.685. The highest BCUT2D eigenvalue weighted by atomic mass is 16.5. The van der Waals surface area contributed by atoms with Crippen LogP contribution < -0.4 is 10.1 Å². The Kier molecular flexibility index (Phi) is 6.41. The van der Waals surface area contributed by atoms with E-state index < -0.39 is 0 Å². The molecule has 0 amide bonds. The Morgan fingerprint density at radius 3 is 2.71 bits per heavy atom. The third-order valence-electron chi connectivity index (χ3n) is 4.39. The van der Waals surface area contributed by atoms with Gasteiger partial charge in [-0.2, -0.15) is 0 Å². The molecule has 0 saturated heterocycles. The van der Waals surface area contributed by atoms with Crippen LogP contribution in [0.1, 0.15) is 65.7 Å². The van der Waals surface area contributed by atoms with Gasteiger partial charge in [-0.1, -0.05) is 44.7 Å². The van der Waals surface area contributed by atoms with Gasteiger partial charge in [0.15, 0.2) is 0 Å². The smallest absolute Gasteiger partial charge is 0.142 e. The maximum Gasteiger partial charge on any atom is 0.142 e. The molecule has 2 unspecified atom stereocenters. The van der Waals surface area contributed by atoms with Gasteiger partial charge in [-0.3, -0.25) is 0 Å². The van der Waals surface area contributed by atoms with Crippen LogP contribution >= 0.6 is 0 Å². The van der Waals surface area contributed by atoms with Gasteiger partial charge in [0.1, 0.15) is 5.75 Å². The summed E-state index contributed by atoms with van der Waals surface area (Å²) < 4.78 is 5.92. The fourth-order valence-electron chi connectivity index (χ4n) is 3.38. The van der Waals surface area contributed by atoms with Gasteiger partial charge in [-0.25, -0.2) is 0 Å². The molecule has 1 saturated carbocycles. The zero-order chi connectivity index (χ0) is 15.1. The molecule has 1 aromatic rings. The molecule has 0 bridgehead atoms. The van der Waals surface area contributed by atoms with E-state index >= 15 is 0 Å². The Bertz CT molecular complexity index is 416. The predicted octanol–water partition coefficient (Wildman–Crippen LogP) is 5.63. The van der Waals surface area contributed by atoms with Gasteiger partial charge in [-0.15, -0.1) is 0 Å². The number of benzene rings is 1. The van der Waals surface area contributed by atoms with Gasteiger partial charge in [0.25, 0.3) is 0 Å². The Morgan fingerprint density at radius 2 is 1.95 bits per heavy atom. The lowest BCUT2D eigenvalue weighted by molar-refractivity contribution is 0.243. The second-order valence-electron chi connectivity index (χ2n) is 6.67. The molecular weight excluding hydrogens is 258 g/mol. The second kappa shape index (κ2) is 8.31. The van der Waals surface area contributed by atoms with Crippen molar-refractivity contribution in [3.05, 3.63) is 24.3 Å². The number of hydrogen-bond donors (Lipinski definition) is 1. The first-order valence-corrected chi connectivity index (χ1v) is 8.71. The van der Waals surface area contributed by atoms with Crippen LogP contribution in [0.2, 0.25) is 0 Å². The maximum absolute atomic E-state index is 5.92. The molecule has 2 nitrogen and oxygen atoms in total. The standard InChI is InChI=1S/C19H31NO/c1-4-8-16-9-7-10-17(14-13-16)20-18-11-5-6-12-19(18)21-15(2)3/h5-6,11-12,15-17,20H,4,7-10,13-14H2,1-3H3. The molecule has 1 aromatic carbocycles. The van der Waals surface area contributed by atoms with Crippen molar-refractivity contribution in [1.29, 1.82) is 0 Å². The van der Waals surface area contributed by atoms with E-state index in [4.69, 9.17) is 4.74 Å². The number of anilines is 1. The molecule has 118 valence electrons. The Morgan fingerprint density at radius 1 is 1.14 bits per heavy atom. The van der Waals surface area contributed by atoms with Crippen molar-refractivity contribution in [2.75, 3.05) is 5.32 Å². The summed E-state index contributed by atoms with van der Waals surface area (Å²) in [7, 11) is 0. The van der Waals surface area contributed by atoms with Crippen molar-refractivity contribution in [2.24, 2.45) is 5.92 Å². The van der Waals surface area contributed by atoms with Crippen LogP contribution in [0.4, 0.5) is 5.69 Å². The predicted molar refractivity (Wildman–Crippen MR) is 91.1 cm³/mol. The summed E-state index contributed by atoms with van der Waals surface area (Å²) in [5.74, 6) is 1.94. The number of rotatable bonds is 6. The first-order chi connectivity index (χ1) is 10.2. The minimum atomic E-state index is 0.219. The van der Waals surface area contributed by atoms with Crippen LogP contribution in [0.15, 0.2) is 24.3 Å². The van der Waals surface area contributed by atoms with E-state index in [2.05, 4.69) is 44.3 Å². The fraction of sp³-hybridized carbons (Fsp3) is 0.684. The summed E-state index contributed by atoms with van der Waals surface area (Å²) in [6.07, 6.45) is 9.67. The van der Waals surface area contributed by atoms with Crippen LogP contribution in [0.3, 0.4) is 0 Å². The molecule has 2 rings (SSSR count). The molecule has 21 heavy (non-hydrogen) atoms. The number of para-hydroxylation sites is 2. The third-order valence-corrected chi connectivity index (χ3v) is 4.39. The highest BCUT2D eigenvalue weighted by molar-refractivity contribution is 5.56. The van der Waals surface area contributed by atoms with Crippen molar-refractivity contribution in [1.82, 2.24) is 0 Å². The summed E-state index contributed by atoms with van der Waals surface area (Å²) in [4.78, 5) is 0. The molecule has 0 spiro atoms. The molecule has 1 N–H and O–H groups in total. The summed E-state index contributed by atoms with van der Waals surface area (Å²) in [5.41, 5.74) is 1.16. The largest absolute Gasteiger partial charge is 0.489 e. The summed E-state index contributed by atoms with van der Waals surface area (Å²) in [5, 5.41) is 3.73. The monoisotopic (exact) mass is 289 g/mol. The molecule has 0 aromatic heterocycles. The summed E-state index contributed by atoms with van der Waals surface area (Å²) in [6, 6.07) is 8.95. The van der Waals surface area contributed by atoms with Gasteiger partial charge in [0.2, 0.25) is 0 Å². The minimum Gasteiger partial charge on any atom is -0.489 e. The maximum atomic E-state index is 5.92. The van der Waals surface area contributed by atoms with Gasteiger partial charge < -0.3 is 10.1 Å². The molecule has 1 aliphatic rings. The van der Waals surface area contributed by atoms with Crippen molar-refractivity contribution in [2.45, 2.75) is 77.9 Å². The second-order valence-corrected chi connectivity index (χ2v) is 6.67. The van der Waals surface area contributed by atoms with Crippen molar-refractivity contribution in [3.8, 4) is 5.75 Å². The van der Waals surface area contributed by atoms with Crippen LogP contribution in [0.5, 0.6) is 5.75 Å². The van der Waals surface area contributed by atoms with E-state index in [-0.39, 0.29) is 6.10 Å². The normalized spacial score (nSPS) is 22.9. The van der Waals surface area contributed by atoms with Crippen LogP contribution in [-0.2, 0) is 0 Å². The van der Waals surface area contributed by atoms with E-state index in [1.807, 2.05) is 6.07 Å². The first-order valence-electron chi connectivity index (χ1n) is 8.71. The molecular formula is C19H31NO. The number of nitrogens with one attached hydrogen (secondary N) is 1. The molecule has 1 fully saturated rings. The Hall–Kier alpha value is -1.18. The average Bonchev–Trinajstić information content (AvgIpc) is 2.67. The first kappa shape index (κ1) is 16.2. The van der Waals surface area contributed by atoms with E-state index in [1.54, 1.807) is 0 Å². The van der Waals surface area contributed by atoms with Gasteiger partial charge in [0.05, 0.1) is 11.8 Å². The SMILES string of the molecule is CCCC1CCCC(Nc2ccccc2OC(C)C)CC1. The lowest BCUT2D eigenvalue weighted by atomic mass is 9.95. The lowest BCUT2D eigenvalue weighted by Gasteiger charge is -2.21. The van der Waals surface area contributed by atoms with Gasteiger partial charge >= 0.3 is 0 Å². The van der Waals surface area contributed by atoms with E-state index in [9.17, 15) is 0 Å². The highest BCUT2D eigenvalue weighted by Gasteiger charge is 2.19. The van der Waals surface area contributed by atoms with Crippen LogP contribution in [0.25, 0.3) is 0 Å². The Balaban J connectivity index is 1.95. The van der Waals surface area contributed by atoms with Crippen LogP contribution in [0, 0.1) is 5.92 Å². The van der Waals surface area contributed by atoms with E-state index in [0.29, 0.717) is 6.04 Å². The average molecular weight is 289 g/mol. The molecule has 2 atom stereocenters. The van der Waals surface area contributed by atoms with E-state index in [1.165, 1.54) is 44.9 Å². The van der Waals surface area contributed by atoms with Crippen LogP contribution in [-0.4, -0.2) is 12.1 Å². The zero-order valence-electron chi connectivity index (χ0n) is 13.9. The molecule has 1 aliphatic carbocycles. The summed E-state index contributed by atoms with van der Waals surface area (Å²) >= 11 is 0. The molecule has 0 radical (unpaired) electrons. The lowest BCUT2D eigenvalue weighted by Crippen LogP contribution is -2.19. The molecule has 0 heterocycles. The third kappa shape index (κ3) is 5.26. The van der Waals surface area contributed by atoms with Gasteiger partial charge in [-0.05, 0) is 51.2 Å². The molecule has 0 aliphatic heterocycles. The zero-order valence-corrected chi connectivity index (χ0v) is 13.9. The van der Waals surface area contributed by atoms with Crippen molar-refractivity contribution in [3.63, 3.8) is 0 Å². The minimum absolute atomic E-state index is 0.219. The molecule has 2 heteroatoms. The Labute approximate surface area is 130 Å². The van der Waals surface area contributed by atoms with E-state index in [0.717, 1.165) is 17.4 Å². The van der Waals surface area contributed by atoms with Crippen molar-refractivity contribution < 1.29 is 4.74 Å². The topological polar surface area (TPSA) is 21.3 Å². The number of hydrogen-bond acceptors (Lipinski definition) is 2. The fourth-order valence-corrected chi connectivity index (χ4v) is 3.38. The van der Waals surface area contributed by atoms with Crippen molar-refractivity contribution >= 4 is 5.69 Å². The van der Waals surface area contributed by atoms with Gasteiger partial charge in [0, 0.05) is 6.04 Å². The summed E-state index contributed by atoms with van der Waals surface area (Å²) in [6.45, 7) is 6.47. The number of ether oxygens (including phenoxy) is 1.